The molecule has 32 heavy (non-hydrogen) atoms. The van der Waals surface area contributed by atoms with Crippen LogP contribution in [-0.2, 0) is 0 Å². The summed E-state index contributed by atoms with van der Waals surface area (Å²) in [6, 6.07) is 7.64. The van der Waals surface area contributed by atoms with E-state index in [0.717, 1.165) is 23.9 Å². The number of nitrogens with zero attached hydrogens (tertiary/aromatic N) is 3. The van der Waals surface area contributed by atoms with E-state index in [2.05, 4.69) is 29.4 Å². The lowest BCUT2D eigenvalue weighted by Crippen LogP contribution is -2.12. The zero-order valence-corrected chi connectivity index (χ0v) is 20.4. The molecule has 0 aliphatic carbocycles. The molecule has 0 saturated heterocycles. The summed E-state index contributed by atoms with van der Waals surface area (Å²) in [4.78, 5) is 12.4. The molecule has 4 nitrogen and oxygen atoms in total. The highest BCUT2D eigenvalue weighted by molar-refractivity contribution is 5.88. The molecule has 0 spiro atoms. The second kappa shape index (κ2) is 17.6. The van der Waals surface area contributed by atoms with Gasteiger partial charge in [0.1, 0.15) is 5.52 Å². The first-order valence-electron chi connectivity index (χ1n) is 13.3. The molecule has 0 unspecified atom stereocenters. The van der Waals surface area contributed by atoms with Crippen LogP contribution >= 0.6 is 0 Å². The van der Waals surface area contributed by atoms with E-state index in [4.69, 9.17) is 0 Å². The predicted octanol–water partition coefficient (Wildman–Crippen LogP) is 8.67. The van der Waals surface area contributed by atoms with Crippen LogP contribution in [0.15, 0.2) is 36.4 Å². The predicted molar refractivity (Wildman–Crippen MR) is 136 cm³/mol. The minimum atomic E-state index is 0.0584. The first-order chi connectivity index (χ1) is 15.8. The third kappa shape index (κ3) is 11.1. The Labute approximate surface area is 195 Å². The van der Waals surface area contributed by atoms with Crippen LogP contribution in [0.3, 0.4) is 0 Å². The van der Waals surface area contributed by atoms with Crippen molar-refractivity contribution in [3.05, 3.63) is 36.4 Å². The highest BCUT2D eigenvalue weighted by atomic mass is 16.2. The monoisotopic (exact) mass is 439 g/mol. The van der Waals surface area contributed by atoms with Gasteiger partial charge in [0.2, 0.25) is 5.91 Å². The van der Waals surface area contributed by atoms with Gasteiger partial charge in [-0.25, -0.2) is 0 Å². The Morgan fingerprint density at radius 2 is 1.25 bits per heavy atom. The fourth-order valence-corrected chi connectivity index (χ4v) is 4.34. The number of para-hydroxylation sites is 1. The molecule has 2 rings (SSSR count). The molecule has 1 heterocycles. The number of unbranched alkanes of at least 4 members (excludes halogenated alkanes) is 16. The average Bonchev–Trinajstić information content (AvgIpc) is 3.25. The molecule has 1 aromatic carbocycles. The molecule has 0 N–H and O–H groups in total. The first-order valence-corrected chi connectivity index (χ1v) is 13.3. The quantitative estimate of drug-likeness (QED) is 0.162. The van der Waals surface area contributed by atoms with Crippen LogP contribution in [0.5, 0.6) is 0 Å². The average molecular weight is 440 g/mol. The van der Waals surface area contributed by atoms with Crippen LogP contribution in [0.25, 0.3) is 11.0 Å². The molecule has 4 heteroatoms. The second-order valence-corrected chi connectivity index (χ2v) is 9.15. The van der Waals surface area contributed by atoms with Gasteiger partial charge in [-0.3, -0.25) is 4.79 Å². The van der Waals surface area contributed by atoms with Crippen LogP contribution < -0.4 is 0 Å². The lowest BCUT2D eigenvalue weighted by Gasteiger charge is -2.04. The van der Waals surface area contributed by atoms with Gasteiger partial charge in [0, 0.05) is 6.42 Å². The van der Waals surface area contributed by atoms with Crippen LogP contribution in [0.1, 0.15) is 127 Å². The number of carbonyl (C=O) groups excluding carboxylic acids is 1. The van der Waals surface area contributed by atoms with Gasteiger partial charge in [0.25, 0.3) is 0 Å². The van der Waals surface area contributed by atoms with Crippen molar-refractivity contribution >= 4 is 16.9 Å². The molecule has 0 bridgehead atoms. The van der Waals surface area contributed by atoms with Crippen molar-refractivity contribution in [2.24, 2.45) is 0 Å². The van der Waals surface area contributed by atoms with Crippen LogP contribution in [-0.4, -0.2) is 20.9 Å². The SMILES string of the molecule is C/C=C/CCCCCCCCCCCCCCCCCCC(=O)n1nnc2ccccc21. The number of benzene rings is 1. The summed E-state index contributed by atoms with van der Waals surface area (Å²) in [6.07, 6.45) is 27.7. The first kappa shape index (κ1) is 26.3. The fraction of sp³-hybridized carbons (Fsp3) is 0.679. The number of allylic oxidation sites excluding steroid dienone is 2. The summed E-state index contributed by atoms with van der Waals surface area (Å²) in [7, 11) is 0. The molecule has 1 aromatic heterocycles. The highest BCUT2D eigenvalue weighted by Gasteiger charge is 2.10. The normalized spacial score (nSPS) is 11.7. The number of hydrogen-bond acceptors (Lipinski definition) is 3. The smallest absolute Gasteiger partial charge is 0.248 e. The van der Waals surface area contributed by atoms with Gasteiger partial charge in [0.05, 0.1) is 5.52 Å². The number of aromatic nitrogens is 3. The van der Waals surface area contributed by atoms with Gasteiger partial charge in [-0.1, -0.05) is 119 Å². The van der Waals surface area contributed by atoms with Gasteiger partial charge in [0.15, 0.2) is 0 Å². The lowest BCUT2D eigenvalue weighted by atomic mass is 10.0. The van der Waals surface area contributed by atoms with Crippen molar-refractivity contribution in [3.8, 4) is 0 Å². The second-order valence-electron chi connectivity index (χ2n) is 9.15. The Balaban J connectivity index is 1.32. The summed E-state index contributed by atoms with van der Waals surface area (Å²) in [6.45, 7) is 2.11. The molecule has 0 aliphatic rings. The van der Waals surface area contributed by atoms with Gasteiger partial charge in [-0.15, -0.1) is 5.10 Å². The zero-order chi connectivity index (χ0) is 22.7. The summed E-state index contributed by atoms with van der Waals surface area (Å²) in [5.41, 5.74) is 1.60. The molecule has 0 atom stereocenters. The molecule has 0 aliphatic heterocycles. The number of hydrogen-bond donors (Lipinski definition) is 0. The maximum Gasteiger partial charge on any atom is 0.248 e. The van der Waals surface area contributed by atoms with Crippen molar-refractivity contribution in [3.63, 3.8) is 0 Å². The Hall–Kier alpha value is -1.97. The van der Waals surface area contributed by atoms with Crippen molar-refractivity contribution < 1.29 is 4.79 Å². The molecular weight excluding hydrogens is 394 g/mol. The maximum absolute atomic E-state index is 12.4. The van der Waals surface area contributed by atoms with Crippen LogP contribution in [0.2, 0.25) is 0 Å². The van der Waals surface area contributed by atoms with E-state index >= 15 is 0 Å². The van der Waals surface area contributed by atoms with Crippen molar-refractivity contribution in [1.82, 2.24) is 15.0 Å². The summed E-state index contributed by atoms with van der Waals surface area (Å²) in [5.74, 6) is 0.0584. The van der Waals surface area contributed by atoms with E-state index in [1.807, 2.05) is 24.3 Å². The fourth-order valence-electron chi connectivity index (χ4n) is 4.34. The lowest BCUT2D eigenvalue weighted by molar-refractivity contribution is 0.0886. The van der Waals surface area contributed by atoms with E-state index in [1.54, 1.807) is 0 Å². The molecule has 0 fully saturated rings. The molecule has 0 radical (unpaired) electrons. The van der Waals surface area contributed by atoms with Crippen molar-refractivity contribution in [1.29, 1.82) is 0 Å². The Morgan fingerprint density at radius 1 is 0.750 bits per heavy atom. The Bertz CT molecular complexity index is 765. The highest BCUT2D eigenvalue weighted by Crippen LogP contribution is 2.15. The van der Waals surface area contributed by atoms with E-state index in [0.29, 0.717) is 6.42 Å². The van der Waals surface area contributed by atoms with Gasteiger partial charge in [-0.05, 0) is 38.3 Å². The third-order valence-electron chi connectivity index (χ3n) is 6.34. The molecule has 0 saturated carbocycles. The molecular formula is C28H45N3O. The van der Waals surface area contributed by atoms with E-state index in [1.165, 1.54) is 101 Å². The van der Waals surface area contributed by atoms with Crippen LogP contribution in [0.4, 0.5) is 0 Å². The molecule has 0 amide bonds. The Kier molecular flexibility index (Phi) is 14.4. The van der Waals surface area contributed by atoms with Gasteiger partial charge in [-0.2, -0.15) is 4.68 Å². The summed E-state index contributed by atoms with van der Waals surface area (Å²) < 4.78 is 1.46. The van der Waals surface area contributed by atoms with Crippen molar-refractivity contribution in [2.45, 2.75) is 122 Å². The standard InChI is InChI=1S/C28H45N3O/c1-2-3-4-5-6-7-8-9-10-11-12-13-14-15-16-17-18-19-20-25-28(32)31-27-24-22-21-23-26(27)29-30-31/h2-3,21-24H,4-20,25H2,1H3/b3-2+. The Morgan fingerprint density at radius 3 is 1.81 bits per heavy atom. The van der Waals surface area contributed by atoms with E-state index in [9.17, 15) is 4.79 Å². The maximum atomic E-state index is 12.4. The zero-order valence-electron chi connectivity index (χ0n) is 20.4. The van der Waals surface area contributed by atoms with Gasteiger partial charge >= 0.3 is 0 Å². The van der Waals surface area contributed by atoms with Crippen molar-refractivity contribution in [2.75, 3.05) is 0 Å². The topological polar surface area (TPSA) is 47.8 Å². The summed E-state index contributed by atoms with van der Waals surface area (Å²) >= 11 is 0. The number of rotatable bonds is 19. The largest absolute Gasteiger partial charge is 0.273 e. The van der Waals surface area contributed by atoms with Gasteiger partial charge < -0.3 is 0 Å². The van der Waals surface area contributed by atoms with E-state index in [-0.39, 0.29) is 5.91 Å². The molecule has 2 aromatic rings. The summed E-state index contributed by atoms with van der Waals surface area (Å²) in [5, 5.41) is 8.07. The third-order valence-corrected chi connectivity index (χ3v) is 6.34. The van der Waals surface area contributed by atoms with Crippen LogP contribution in [0, 0.1) is 0 Å². The number of carbonyl (C=O) groups is 1. The molecule has 178 valence electrons. The minimum absolute atomic E-state index is 0.0584. The number of fused-ring (bicyclic) bond motifs is 1. The van der Waals surface area contributed by atoms with E-state index < -0.39 is 0 Å². The minimum Gasteiger partial charge on any atom is -0.273 e.